The van der Waals surface area contributed by atoms with Gasteiger partial charge in [0, 0.05) is 13.6 Å². The van der Waals surface area contributed by atoms with Gasteiger partial charge in [-0.2, -0.15) is 13.2 Å². The molecule has 0 amide bonds. The van der Waals surface area contributed by atoms with Crippen molar-refractivity contribution in [2.45, 2.75) is 13.1 Å². The van der Waals surface area contributed by atoms with Gasteiger partial charge >= 0.3 is 6.18 Å². The highest BCUT2D eigenvalue weighted by atomic mass is 32.1. The molecule has 0 N–H and O–H groups in total. The lowest BCUT2D eigenvalue weighted by atomic mass is 10.0. The number of halogens is 3. The Morgan fingerprint density at radius 2 is 2.06 bits per heavy atom. The minimum atomic E-state index is -4.27. The van der Waals surface area contributed by atoms with Gasteiger partial charge in [-0.1, -0.05) is 6.07 Å². The second-order valence-electron chi connectivity index (χ2n) is 4.05. The summed E-state index contributed by atoms with van der Waals surface area (Å²) in [5, 5.41) is 1.86. The van der Waals surface area contributed by atoms with E-state index in [-0.39, 0.29) is 0 Å². The van der Waals surface area contributed by atoms with Crippen LogP contribution in [0.25, 0.3) is 5.70 Å². The summed E-state index contributed by atoms with van der Waals surface area (Å²) in [4.78, 5) is 2.71. The van der Waals surface area contributed by atoms with E-state index in [2.05, 4.69) is 0 Å². The molecule has 0 radical (unpaired) electrons. The molecule has 1 aromatic rings. The van der Waals surface area contributed by atoms with E-state index in [1.54, 1.807) is 0 Å². The first-order valence-electron chi connectivity index (χ1n) is 5.13. The van der Waals surface area contributed by atoms with Crippen molar-refractivity contribution in [1.82, 2.24) is 4.90 Å². The van der Waals surface area contributed by atoms with E-state index in [9.17, 15) is 13.2 Å². The molecule has 0 bridgehead atoms. The van der Waals surface area contributed by atoms with Crippen molar-refractivity contribution in [3.8, 4) is 0 Å². The normalized spacial score (nSPS) is 17.5. The van der Waals surface area contributed by atoms with Crippen molar-refractivity contribution in [3.05, 3.63) is 39.6 Å². The van der Waals surface area contributed by atoms with E-state index in [0.717, 1.165) is 4.88 Å². The Kier molecular flexibility index (Phi) is 3.03. The Balaban J connectivity index is 2.46. The molecule has 1 aromatic heterocycles. The molecule has 0 aliphatic carbocycles. The lowest BCUT2D eigenvalue weighted by Crippen LogP contribution is -2.27. The minimum absolute atomic E-state index is 0.318. The van der Waals surface area contributed by atoms with Gasteiger partial charge in [0.1, 0.15) is 0 Å². The molecule has 0 saturated carbocycles. The second-order valence-corrected chi connectivity index (χ2v) is 5.00. The zero-order valence-electron chi connectivity index (χ0n) is 9.51. The molecule has 0 unspecified atom stereocenters. The first-order chi connectivity index (χ1) is 7.89. The highest BCUT2D eigenvalue weighted by molar-refractivity contribution is 7.11. The molecule has 0 spiro atoms. The highest BCUT2D eigenvalue weighted by Crippen LogP contribution is 2.36. The minimum Gasteiger partial charge on any atom is -0.369 e. The Bertz CT molecular complexity index is 468. The van der Waals surface area contributed by atoms with Crippen molar-refractivity contribution < 1.29 is 13.2 Å². The van der Waals surface area contributed by atoms with Crippen LogP contribution in [0, 0.1) is 0 Å². The molecule has 17 heavy (non-hydrogen) atoms. The molecule has 92 valence electrons. The molecular weight excluding hydrogens is 247 g/mol. The van der Waals surface area contributed by atoms with E-state index < -0.39 is 11.7 Å². The summed E-state index contributed by atoms with van der Waals surface area (Å²) in [6.07, 6.45) is -3.03. The van der Waals surface area contributed by atoms with Gasteiger partial charge in [0.15, 0.2) is 0 Å². The third-order valence-corrected chi connectivity index (χ3v) is 3.60. The van der Waals surface area contributed by atoms with Crippen molar-refractivity contribution in [3.63, 3.8) is 0 Å². The average Bonchev–Trinajstić information content (AvgIpc) is 2.68. The molecular formula is C12H12F3NS. The fourth-order valence-corrected chi connectivity index (χ4v) is 2.70. The molecule has 0 fully saturated rings. The number of nitrogens with zero attached hydrogens (tertiary/aromatic N) is 1. The molecule has 5 heteroatoms. The monoisotopic (exact) mass is 259 g/mol. The Hall–Kier alpha value is -1.23. The van der Waals surface area contributed by atoms with E-state index >= 15 is 0 Å². The van der Waals surface area contributed by atoms with Gasteiger partial charge in [0.2, 0.25) is 0 Å². The predicted octanol–water partition coefficient (Wildman–Crippen LogP) is 3.91. The molecule has 2 rings (SSSR count). The van der Waals surface area contributed by atoms with E-state index in [0.29, 0.717) is 17.8 Å². The maximum atomic E-state index is 12.8. The van der Waals surface area contributed by atoms with Crippen LogP contribution in [0.4, 0.5) is 13.2 Å². The fraction of sp³-hybridized carbons (Fsp3) is 0.333. The van der Waals surface area contributed by atoms with Gasteiger partial charge in [0.05, 0.1) is 16.1 Å². The smallest absolute Gasteiger partial charge is 0.369 e. The van der Waals surface area contributed by atoms with Gasteiger partial charge in [-0.3, -0.25) is 0 Å². The number of thiophene rings is 1. The summed E-state index contributed by atoms with van der Waals surface area (Å²) in [6, 6.07) is 3.68. The van der Waals surface area contributed by atoms with Crippen molar-refractivity contribution in [2.75, 3.05) is 13.6 Å². The van der Waals surface area contributed by atoms with Gasteiger partial charge in [-0.15, -0.1) is 11.3 Å². The number of likely N-dealkylation sites (N-methyl/N-ethyl adjacent to an activating group) is 1. The Labute approximate surface area is 102 Å². The predicted molar refractivity (Wildman–Crippen MR) is 63.7 cm³/mol. The molecule has 1 nitrogen and oxygen atoms in total. The van der Waals surface area contributed by atoms with E-state index in [1.807, 2.05) is 29.5 Å². The van der Waals surface area contributed by atoms with Crippen molar-refractivity contribution in [1.29, 1.82) is 0 Å². The fourth-order valence-electron chi connectivity index (χ4n) is 1.90. The topological polar surface area (TPSA) is 3.24 Å². The third-order valence-electron chi connectivity index (χ3n) is 2.71. The molecule has 1 aliphatic rings. The lowest BCUT2D eigenvalue weighted by molar-refractivity contribution is -0.0894. The van der Waals surface area contributed by atoms with E-state index in [4.69, 9.17) is 0 Å². The highest BCUT2D eigenvalue weighted by Gasteiger charge is 2.36. The number of alkyl halides is 3. The van der Waals surface area contributed by atoms with Crippen LogP contribution in [0.3, 0.4) is 0 Å². The van der Waals surface area contributed by atoms with Gasteiger partial charge in [0.25, 0.3) is 0 Å². The van der Waals surface area contributed by atoms with Gasteiger partial charge in [-0.25, -0.2) is 0 Å². The van der Waals surface area contributed by atoms with Crippen LogP contribution in [0.1, 0.15) is 11.8 Å². The number of hydrogen-bond donors (Lipinski definition) is 0. The summed E-state index contributed by atoms with van der Waals surface area (Å²) in [7, 11) is 1.81. The van der Waals surface area contributed by atoms with Gasteiger partial charge < -0.3 is 4.90 Å². The molecule has 2 heterocycles. The average molecular weight is 259 g/mol. The summed E-state index contributed by atoms with van der Waals surface area (Å²) < 4.78 is 38.4. The van der Waals surface area contributed by atoms with Crippen LogP contribution < -0.4 is 0 Å². The number of hydrogen-bond acceptors (Lipinski definition) is 2. The SMILES string of the molecule is CC1=C(C(F)(F)F)C=C(c2cccs2)N(C)C1. The van der Waals surface area contributed by atoms with Crippen molar-refractivity contribution >= 4 is 17.0 Å². The molecule has 0 aromatic carbocycles. The zero-order valence-corrected chi connectivity index (χ0v) is 10.3. The lowest BCUT2D eigenvalue weighted by Gasteiger charge is -2.29. The van der Waals surface area contributed by atoms with Crippen LogP contribution in [-0.4, -0.2) is 24.7 Å². The largest absolute Gasteiger partial charge is 0.416 e. The van der Waals surface area contributed by atoms with Crippen LogP contribution in [0.15, 0.2) is 34.7 Å². The van der Waals surface area contributed by atoms with E-state index in [1.165, 1.54) is 24.3 Å². The maximum Gasteiger partial charge on any atom is 0.416 e. The number of rotatable bonds is 1. The van der Waals surface area contributed by atoms with Crippen molar-refractivity contribution in [2.24, 2.45) is 0 Å². The van der Waals surface area contributed by atoms with Crippen LogP contribution in [0.5, 0.6) is 0 Å². The second kappa shape index (κ2) is 4.22. The van der Waals surface area contributed by atoms with Crippen LogP contribution >= 0.6 is 11.3 Å². The molecule has 0 atom stereocenters. The number of allylic oxidation sites excluding steroid dienone is 2. The Morgan fingerprint density at radius 3 is 2.59 bits per heavy atom. The standard InChI is InChI=1S/C12H12F3NS/c1-8-7-16(2)10(11-4-3-5-17-11)6-9(8)12(13,14)15/h3-6H,7H2,1-2H3. The maximum absolute atomic E-state index is 12.8. The van der Waals surface area contributed by atoms with Gasteiger partial charge in [-0.05, 0) is 30.0 Å². The Morgan fingerprint density at radius 1 is 1.35 bits per heavy atom. The zero-order chi connectivity index (χ0) is 12.6. The quantitative estimate of drug-likeness (QED) is 0.739. The first-order valence-corrected chi connectivity index (χ1v) is 6.01. The summed E-state index contributed by atoms with van der Waals surface area (Å²) >= 11 is 1.45. The molecule has 0 saturated heterocycles. The third kappa shape index (κ3) is 2.39. The van der Waals surface area contributed by atoms with Crippen LogP contribution in [0.2, 0.25) is 0 Å². The summed E-state index contributed by atoms with van der Waals surface area (Å²) in [6.45, 7) is 1.85. The van der Waals surface area contributed by atoms with Crippen LogP contribution in [-0.2, 0) is 0 Å². The molecule has 1 aliphatic heterocycles. The first kappa shape index (κ1) is 12.2. The summed E-state index contributed by atoms with van der Waals surface area (Å²) in [5.74, 6) is 0. The summed E-state index contributed by atoms with van der Waals surface area (Å²) in [5.41, 5.74) is 0.484.